The van der Waals surface area contributed by atoms with E-state index >= 15 is 0 Å². The van der Waals surface area contributed by atoms with Crippen LogP contribution >= 0.6 is 11.6 Å². The fourth-order valence-corrected chi connectivity index (χ4v) is 16.4. The van der Waals surface area contributed by atoms with Crippen molar-refractivity contribution >= 4 is 69.3 Å². The molecule has 0 spiro atoms. The van der Waals surface area contributed by atoms with E-state index in [1.54, 1.807) is 48.5 Å². The second kappa shape index (κ2) is 67.3. The molecule has 0 heterocycles. The molecule has 0 fully saturated rings. The van der Waals surface area contributed by atoms with E-state index in [1.807, 2.05) is 238 Å². The number of carbonyl (C=O) groups is 5. The Labute approximate surface area is 878 Å². The molecule has 0 bridgehead atoms. The van der Waals surface area contributed by atoms with Gasteiger partial charge in [0, 0.05) is 32.9 Å². The first-order chi connectivity index (χ1) is 71.5. The van der Waals surface area contributed by atoms with Crippen LogP contribution in [0.5, 0.6) is 0 Å². The van der Waals surface area contributed by atoms with Gasteiger partial charge in [0.15, 0.2) is 0 Å². The van der Waals surface area contributed by atoms with Gasteiger partial charge >= 0.3 is 29.8 Å². The lowest BCUT2D eigenvalue weighted by molar-refractivity contribution is -0.140. The number of ether oxygens (including phenoxy) is 5. The highest BCUT2D eigenvalue weighted by atomic mass is 35.5. The topological polar surface area (TPSA) is 177 Å². The number of rotatable bonds is 46. The molecule has 0 amide bonds. The summed E-state index contributed by atoms with van der Waals surface area (Å²) >= 11 is 6.01. The fraction of sp³-hybridized carbons (Fsp3) is 0.326. The molecule has 18 heteroatoms. The summed E-state index contributed by atoms with van der Waals surface area (Å²) in [6, 6.07) is 93.4. The van der Waals surface area contributed by atoms with Gasteiger partial charge in [-0.15, -0.1) is 0 Å². The summed E-state index contributed by atoms with van der Waals surface area (Å²) in [6.45, 7) is 65.4. The molecule has 0 aromatic heterocycles. The summed E-state index contributed by atoms with van der Waals surface area (Å²) in [5, 5.41) is 9.65. The Hall–Kier alpha value is -15.4. The molecule has 0 saturated heterocycles. The Kier molecular flexibility index (Phi) is 54.3. The number of benzene rings is 11. The van der Waals surface area contributed by atoms with E-state index in [-0.39, 0.29) is 34.3 Å². The molecule has 0 saturated carbocycles. The fourth-order valence-electron chi connectivity index (χ4n) is 16.3. The third-order valence-corrected chi connectivity index (χ3v) is 25.7. The van der Waals surface area contributed by atoms with Crippen LogP contribution in [-0.2, 0) is 47.7 Å². The third kappa shape index (κ3) is 38.9. The van der Waals surface area contributed by atoms with E-state index in [4.69, 9.17) is 73.4 Å². The lowest BCUT2D eigenvalue weighted by atomic mass is 9.94. The summed E-state index contributed by atoms with van der Waals surface area (Å²) in [6.07, 6.45) is 21.0. The standard InChI is InChI=1S/C30H31NO2.C26H31NO2.C25H26N2O2.C24H26ClNO2.C24H26FNO2/c1-4-6-13-23(5-2)22-33-30(32)29(31-3)28(26-16-11-8-12-17-26)27-20-18-25(19-21-27)24-14-9-7-10-15-24;1-6-8-9-21(7-2)18-29-26(28)25(27-5)24(22-14-10-19(3)11-15-22)23-16-12-20(4)13-17-23;1-4-6-10-19(5-2)18-29-25(28)24(27-3)23(21-11-8-7-9-12-21)22-15-13-20(17-26)14-16-22;2*1-4-6-10-18(5-2)17-28-24(27)23(26-3)22(19-11-8-7-9-12-19)20-13-15-21(25)16-14-20/h7-12,14-21,23H,4-6,13,22H2,1-2H3;10-17,21H,6-9,18H2,1-4H3;7-9,11-16,19H,4-6,10,18H2,1-2H3;2*7-9,11-16,18H,4-6,10,17H2,1-2H3/b29-28+;;24-23+;2*23-22+. The van der Waals surface area contributed by atoms with Crippen molar-refractivity contribution in [1.82, 2.24) is 0 Å². The molecular weight excluding hydrogens is 1850 g/mol. The Balaban J connectivity index is 0.000000249. The maximum Gasteiger partial charge on any atom is 0.336 e. The molecule has 5 unspecified atom stereocenters. The molecular formula is C129H140ClFN6O10. The quantitative estimate of drug-likeness (QED) is 0.0153. The van der Waals surface area contributed by atoms with Crippen molar-refractivity contribution in [3.63, 3.8) is 0 Å². The van der Waals surface area contributed by atoms with Crippen molar-refractivity contribution in [2.45, 2.75) is 212 Å². The molecule has 0 radical (unpaired) electrons. The summed E-state index contributed by atoms with van der Waals surface area (Å²) in [5.41, 5.74) is 15.4. The number of unbranched alkanes of at least 4 members (excludes halogenated alkanes) is 5. The van der Waals surface area contributed by atoms with Crippen molar-refractivity contribution in [1.29, 1.82) is 5.26 Å². The Morgan fingerprint density at radius 3 is 0.680 bits per heavy atom. The molecule has 760 valence electrons. The highest BCUT2D eigenvalue weighted by Crippen LogP contribution is 2.37. The molecule has 11 aromatic rings. The van der Waals surface area contributed by atoms with Crippen molar-refractivity contribution < 1.29 is 52.0 Å². The molecule has 0 aliphatic carbocycles. The lowest BCUT2D eigenvalue weighted by Crippen LogP contribution is -2.15. The van der Waals surface area contributed by atoms with E-state index in [2.05, 4.69) is 112 Å². The van der Waals surface area contributed by atoms with Gasteiger partial charge in [-0.05, 0) is 179 Å². The predicted octanol–water partition coefficient (Wildman–Crippen LogP) is 33.6. The molecule has 11 rings (SSSR count). The molecule has 0 aliphatic heterocycles. The van der Waals surface area contributed by atoms with Gasteiger partial charge in [0.25, 0.3) is 28.5 Å². The molecule has 16 nitrogen and oxygen atoms in total. The monoisotopic (exact) mass is 1990 g/mol. The average Bonchev–Trinajstić information content (AvgIpc) is 0.825. The highest BCUT2D eigenvalue weighted by molar-refractivity contribution is 6.30. The zero-order valence-corrected chi connectivity index (χ0v) is 88.1. The minimum atomic E-state index is -0.631. The second-order valence-corrected chi connectivity index (χ2v) is 36.5. The number of esters is 5. The SMILES string of the molecule is [C-]#[N+]/C(C(=O)OCC(CC)CCCC)=C(\c1ccccc1)c1ccc(-c2ccccc2)cc1.[C-]#[N+]/C(C(=O)OCC(CC)CCCC)=C(\c1ccccc1)c1ccc(C#N)cc1.[C-]#[N+]/C(C(=O)OCC(CC)CCCC)=C(\c1ccccc1)c1ccc(Cl)cc1.[C-]#[N+]/C(C(=O)OCC(CC)CCCC)=C(\c1ccccc1)c1ccc(F)cc1.[C-]#[N+]C(C(=O)OCC(CC)CCCC)=C(c1ccc(C)cc1)c1ccc(C)cc1. The van der Waals surface area contributed by atoms with Gasteiger partial charge in [0.05, 0.1) is 77.5 Å². The van der Waals surface area contributed by atoms with E-state index in [9.17, 15) is 28.4 Å². The van der Waals surface area contributed by atoms with Crippen LogP contribution in [0.1, 0.15) is 270 Å². The van der Waals surface area contributed by atoms with E-state index < -0.39 is 29.8 Å². The van der Waals surface area contributed by atoms with Crippen LogP contribution in [-0.4, -0.2) is 62.9 Å². The van der Waals surface area contributed by atoms with E-state index in [0.717, 1.165) is 195 Å². The largest absolute Gasteiger partial charge is 0.470 e. The van der Waals surface area contributed by atoms with Crippen molar-refractivity contribution in [2.75, 3.05) is 33.0 Å². The summed E-state index contributed by atoms with van der Waals surface area (Å²) in [5.74, 6) is -1.67. The Morgan fingerprint density at radius 2 is 0.469 bits per heavy atom. The van der Waals surface area contributed by atoms with Gasteiger partial charge in [-0.3, -0.25) is 24.0 Å². The summed E-state index contributed by atoms with van der Waals surface area (Å²) < 4.78 is 41.2. The first-order valence-corrected chi connectivity index (χ1v) is 51.9. The van der Waals surface area contributed by atoms with Crippen LogP contribution in [0.3, 0.4) is 0 Å². The highest BCUT2D eigenvalue weighted by Gasteiger charge is 2.29. The van der Waals surface area contributed by atoms with Crippen molar-refractivity contribution in [3.8, 4) is 17.2 Å². The van der Waals surface area contributed by atoms with Gasteiger partial charge in [-0.2, -0.15) is 5.26 Å². The van der Waals surface area contributed by atoms with Gasteiger partial charge in [0.1, 0.15) is 5.82 Å². The molecule has 11 aromatic carbocycles. The Morgan fingerprint density at radius 1 is 0.279 bits per heavy atom. The molecule has 5 atom stereocenters. The van der Waals surface area contributed by atoms with Gasteiger partial charge < -0.3 is 23.7 Å². The number of aryl methyl sites for hydroxylation is 2. The number of nitrogens with zero attached hydrogens (tertiary/aromatic N) is 6. The van der Waals surface area contributed by atoms with Gasteiger partial charge in [0.2, 0.25) is 0 Å². The van der Waals surface area contributed by atoms with E-state index in [0.29, 0.717) is 112 Å². The second-order valence-electron chi connectivity index (χ2n) is 36.1. The first kappa shape index (κ1) is 119. The molecule has 0 aliphatic rings. The lowest BCUT2D eigenvalue weighted by Gasteiger charge is -2.16. The number of carbonyl (C=O) groups excluding carboxylic acids is 5. The number of halogens is 2. The number of hydrogen-bond donors (Lipinski definition) is 0. The van der Waals surface area contributed by atoms with Crippen LogP contribution in [0.25, 0.3) is 63.2 Å². The maximum atomic E-state index is 13.4. The first-order valence-electron chi connectivity index (χ1n) is 51.5. The van der Waals surface area contributed by atoms with E-state index in [1.165, 1.54) is 12.1 Å². The van der Waals surface area contributed by atoms with Crippen LogP contribution in [0.2, 0.25) is 5.02 Å². The summed E-state index contributed by atoms with van der Waals surface area (Å²) in [7, 11) is 0. The average molecular weight is 1990 g/mol. The van der Waals surface area contributed by atoms with Crippen LogP contribution in [0, 0.1) is 93.4 Å². The number of nitriles is 1. The minimum Gasteiger partial charge on any atom is -0.470 e. The van der Waals surface area contributed by atoms with Crippen LogP contribution in [0.15, 0.2) is 326 Å². The smallest absolute Gasteiger partial charge is 0.336 e. The third-order valence-electron chi connectivity index (χ3n) is 25.5. The Bertz CT molecular complexity index is 6170. The molecule has 0 N–H and O–H groups in total. The zero-order valence-electron chi connectivity index (χ0n) is 87.4. The van der Waals surface area contributed by atoms with Crippen LogP contribution in [0.4, 0.5) is 4.39 Å². The zero-order chi connectivity index (χ0) is 106. The normalized spacial score (nSPS) is 12.3. The molecule has 147 heavy (non-hydrogen) atoms. The van der Waals surface area contributed by atoms with Gasteiger partial charge in [-0.1, -0.05) is 449 Å². The predicted molar refractivity (Wildman–Crippen MR) is 593 cm³/mol. The van der Waals surface area contributed by atoms with Crippen LogP contribution < -0.4 is 0 Å². The maximum absolute atomic E-state index is 13.4. The number of hydrogen-bond acceptors (Lipinski definition) is 11. The minimum absolute atomic E-state index is 0.00105. The van der Waals surface area contributed by atoms with Crippen molar-refractivity contribution in [3.05, 3.63) is 466 Å². The van der Waals surface area contributed by atoms with Gasteiger partial charge in [-0.25, -0.2) is 28.6 Å². The summed E-state index contributed by atoms with van der Waals surface area (Å²) in [4.78, 5) is 82.2. The van der Waals surface area contributed by atoms with Crippen molar-refractivity contribution in [2.24, 2.45) is 29.6 Å².